The Morgan fingerprint density at radius 2 is 2.00 bits per heavy atom. The van der Waals surface area contributed by atoms with Gasteiger partial charge in [-0.1, -0.05) is 0 Å². The van der Waals surface area contributed by atoms with Crippen LogP contribution in [0.15, 0.2) is 23.1 Å². The van der Waals surface area contributed by atoms with Crippen LogP contribution in [0.2, 0.25) is 0 Å². The fraction of sp³-hybridized carbons (Fsp3) is 0.647. The molecule has 2 atom stereocenters. The Balaban J connectivity index is 2.20. The second-order valence-electron chi connectivity index (χ2n) is 6.40. The van der Waals surface area contributed by atoms with E-state index in [1.54, 1.807) is 13.0 Å². The summed E-state index contributed by atoms with van der Waals surface area (Å²) in [4.78, 5) is 0.124. The Hall–Kier alpha value is -1.16. The van der Waals surface area contributed by atoms with Crippen molar-refractivity contribution in [2.45, 2.75) is 36.5 Å². The molecule has 148 valence electrons. The summed E-state index contributed by atoms with van der Waals surface area (Å²) in [7, 11) is -5.67. The molecular formula is C17H27NO6S2. The van der Waals surface area contributed by atoms with E-state index in [1.807, 2.05) is 6.92 Å². The van der Waals surface area contributed by atoms with Crippen molar-refractivity contribution < 1.29 is 26.3 Å². The molecule has 0 radical (unpaired) electrons. The topological polar surface area (TPSA) is 98.8 Å². The molecule has 9 heteroatoms. The third kappa shape index (κ3) is 4.97. The van der Waals surface area contributed by atoms with Gasteiger partial charge in [0, 0.05) is 19.3 Å². The largest absolute Gasteiger partial charge is 0.496 e. The summed E-state index contributed by atoms with van der Waals surface area (Å²) in [5, 5.41) is 2.10. The number of rotatable bonds is 9. The standard InChI is InChI=1S/C17H27NO6S2/c1-4-24-9-5-8-18-15-11-25(19,20)12-17(15)26(21,22)14-6-7-16(23-3)13(2)10-14/h6-7,10,15,17-18H,4-5,8-9,11-12H2,1-3H3/t15-,17-/m0/s1. The Labute approximate surface area is 155 Å². The molecule has 1 aromatic rings. The fourth-order valence-corrected chi connectivity index (χ4v) is 7.92. The highest BCUT2D eigenvalue weighted by Crippen LogP contribution is 2.29. The summed E-state index contributed by atoms with van der Waals surface area (Å²) < 4.78 is 60.7. The molecule has 1 N–H and O–H groups in total. The molecule has 1 aromatic carbocycles. The lowest BCUT2D eigenvalue weighted by atomic mass is 10.2. The molecule has 1 aliphatic rings. The van der Waals surface area contributed by atoms with Crippen molar-refractivity contribution in [1.29, 1.82) is 0 Å². The lowest BCUT2D eigenvalue weighted by Crippen LogP contribution is -2.43. The lowest BCUT2D eigenvalue weighted by Gasteiger charge is -2.20. The van der Waals surface area contributed by atoms with E-state index in [0.717, 1.165) is 0 Å². The zero-order valence-corrected chi connectivity index (χ0v) is 17.0. The van der Waals surface area contributed by atoms with E-state index in [4.69, 9.17) is 9.47 Å². The van der Waals surface area contributed by atoms with Gasteiger partial charge < -0.3 is 14.8 Å². The van der Waals surface area contributed by atoms with E-state index in [9.17, 15) is 16.8 Å². The van der Waals surface area contributed by atoms with Gasteiger partial charge in [0.15, 0.2) is 19.7 Å². The zero-order valence-electron chi connectivity index (χ0n) is 15.4. The maximum absolute atomic E-state index is 13.0. The third-order valence-electron chi connectivity index (χ3n) is 4.47. The predicted octanol–water partition coefficient (Wildman–Crippen LogP) is 0.959. The van der Waals surface area contributed by atoms with Crippen molar-refractivity contribution in [1.82, 2.24) is 5.32 Å². The second-order valence-corrected chi connectivity index (χ2v) is 10.7. The second kappa shape index (κ2) is 8.69. The Morgan fingerprint density at radius 1 is 1.27 bits per heavy atom. The molecule has 1 aliphatic heterocycles. The van der Waals surface area contributed by atoms with Crippen molar-refractivity contribution >= 4 is 19.7 Å². The van der Waals surface area contributed by atoms with Crippen LogP contribution in [-0.2, 0) is 24.4 Å². The van der Waals surface area contributed by atoms with Gasteiger partial charge in [-0.05, 0) is 50.6 Å². The van der Waals surface area contributed by atoms with Gasteiger partial charge in [-0.25, -0.2) is 16.8 Å². The summed E-state index contributed by atoms with van der Waals surface area (Å²) in [5.74, 6) is 0.0677. The predicted molar refractivity (Wildman–Crippen MR) is 100 cm³/mol. The number of aryl methyl sites for hydroxylation is 1. The maximum Gasteiger partial charge on any atom is 0.183 e. The van der Waals surface area contributed by atoms with Crippen molar-refractivity contribution in [3.63, 3.8) is 0 Å². The molecule has 0 aromatic heterocycles. The molecule has 2 rings (SSSR count). The quantitative estimate of drug-likeness (QED) is 0.611. The molecule has 0 saturated carbocycles. The summed E-state index contributed by atoms with van der Waals surface area (Å²) in [6.45, 7) is 5.33. The zero-order chi connectivity index (χ0) is 19.4. The molecule has 0 aliphatic carbocycles. The van der Waals surface area contributed by atoms with Crippen LogP contribution in [0.25, 0.3) is 0 Å². The number of nitrogens with one attached hydrogen (secondary N) is 1. The van der Waals surface area contributed by atoms with Crippen molar-refractivity contribution in [2.24, 2.45) is 0 Å². The molecule has 0 amide bonds. The van der Waals surface area contributed by atoms with E-state index in [-0.39, 0.29) is 16.4 Å². The van der Waals surface area contributed by atoms with Crippen LogP contribution >= 0.6 is 0 Å². The number of hydrogen-bond donors (Lipinski definition) is 1. The van der Waals surface area contributed by atoms with E-state index in [2.05, 4.69) is 5.32 Å². The molecule has 0 bridgehead atoms. The lowest BCUT2D eigenvalue weighted by molar-refractivity contribution is 0.144. The Morgan fingerprint density at radius 3 is 2.62 bits per heavy atom. The molecular weight excluding hydrogens is 378 g/mol. The molecule has 26 heavy (non-hydrogen) atoms. The molecule has 0 spiro atoms. The van der Waals surface area contributed by atoms with Gasteiger partial charge in [-0.15, -0.1) is 0 Å². The average molecular weight is 406 g/mol. The first-order valence-corrected chi connectivity index (χ1v) is 12.0. The minimum atomic E-state index is -3.78. The smallest absolute Gasteiger partial charge is 0.183 e. The van der Waals surface area contributed by atoms with E-state index in [1.165, 1.54) is 19.2 Å². The molecule has 1 heterocycles. The van der Waals surface area contributed by atoms with Crippen molar-refractivity contribution in [3.8, 4) is 5.75 Å². The average Bonchev–Trinajstić information content (AvgIpc) is 2.90. The number of methoxy groups -OCH3 is 1. The van der Waals surface area contributed by atoms with Crippen LogP contribution in [0.4, 0.5) is 0 Å². The van der Waals surface area contributed by atoms with E-state index in [0.29, 0.717) is 37.5 Å². The van der Waals surface area contributed by atoms with Gasteiger partial charge in [0.05, 0.1) is 28.8 Å². The summed E-state index contributed by atoms with van der Waals surface area (Å²) in [5.41, 5.74) is 0.690. The summed E-state index contributed by atoms with van der Waals surface area (Å²) in [6, 6.07) is 3.98. The molecule has 1 saturated heterocycles. The van der Waals surface area contributed by atoms with Gasteiger partial charge in [0.25, 0.3) is 0 Å². The highest BCUT2D eigenvalue weighted by molar-refractivity contribution is 7.96. The van der Waals surface area contributed by atoms with Gasteiger partial charge in [-0.2, -0.15) is 0 Å². The SMILES string of the molecule is CCOCCCN[C@H]1CS(=O)(=O)C[C@@H]1S(=O)(=O)c1ccc(OC)c(C)c1. The normalized spacial score (nSPS) is 22.4. The number of ether oxygens (including phenoxy) is 2. The van der Waals surface area contributed by atoms with Gasteiger partial charge in [-0.3, -0.25) is 0 Å². The number of hydrogen-bond acceptors (Lipinski definition) is 7. The summed E-state index contributed by atoms with van der Waals surface area (Å²) >= 11 is 0. The number of benzene rings is 1. The van der Waals surface area contributed by atoms with E-state index >= 15 is 0 Å². The van der Waals surface area contributed by atoms with Gasteiger partial charge >= 0.3 is 0 Å². The van der Waals surface area contributed by atoms with E-state index < -0.39 is 31.0 Å². The first kappa shape index (κ1) is 21.1. The highest BCUT2D eigenvalue weighted by Gasteiger charge is 2.45. The summed E-state index contributed by atoms with van der Waals surface area (Å²) in [6.07, 6.45) is 0.693. The van der Waals surface area contributed by atoms with Crippen molar-refractivity contribution in [2.75, 3.05) is 38.4 Å². The maximum atomic E-state index is 13.0. The Kier molecular flexibility index (Phi) is 7.06. The Bertz CT molecular complexity index is 820. The van der Waals surface area contributed by atoms with Crippen LogP contribution in [0.1, 0.15) is 18.9 Å². The third-order valence-corrected chi connectivity index (χ3v) is 8.62. The van der Waals surface area contributed by atoms with Crippen LogP contribution < -0.4 is 10.1 Å². The van der Waals surface area contributed by atoms with Crippen LogP contribution in [0.5, 0.6) is 5.75 Å². The van der Waals surface area contributed by atoms with Crippen LogP contribution in [0, 0.1) is 6.92 Å². The number of sulfone groups is 2. The van der Waals surface area contributed by atoms with Crippen LogP contribution in [-0.4, -0.2) is 66.5 Å². The van der Waals surface area contributed by atoms with Gasteiger partial charge in [0.1, 0.15) is 5.75 Å². The minimum Gasteiger partial charge on any atom is -0.496 e. The molecule has 0 unspecified atom stereocenters. The molecule has 7 nitrogen and oxygen atoms in total. The van der Waals surface area contributed by atoms with Crippen molar-refractivity contribution in [3.05, 3.63) is 23.8 Å². The highest BCUT2D eigenvalue weighted by atomic mass is 32.2. The molecule has 1 fully saturated rings. The first-order valence-electron chi connectivity index (χ1n) is 8.61. The first-order chi connectivity index (χ1) is 12.2. The van der Waals surface area contributed by atoms with Crippen LogP contribution in [0.3, 0.4) is 0 Å². The van der Waals surface area contributed by atoms with Gasteiger partial charge in [0.2, 0.25) is 0 Å². The minimum absolute atomic E-state index is 0.124. The monoisotopic (exact) mass is 405 g/mol. The fourth-order valence-electron chi connectivity index (χ4n) is 3.12.